The highest BCUT2D eigenvalue weighted by Crippen LogP contribution is 2.25. The van der Waals surface area contributed by atoms with Crippen molar-refractivity contribution in [1.29, 1.82) is 0 Å². The summed E-state index contributed by atoms with van der Waals surface area (Å²) in [5, 5.41) is -0.0752. The Labute approximate surface area is 115 Å². The van der Waals surface area contributed by atoms with Crippen LogP contribution in [0.1, 0.15) is 13.3 Å². The van der Waals surface area contributed by atoms with Crippen LogP contribution in [0.5, 0.6) is 17.4 Å². The van der Waals surface area contributed by atoms with Crippen molar-refractivity contribution < 1.29 is 9.47 Å². The van der Waals surface area contributed by atoms with Crippen molar-refractivity contribution in [2.45, 2.75) is 13.3 Å². The van der Waals surface area contributed by atoms with E-state index in [0.29, 0.717) is 12.4 Å². The lowest BCUT2D eigenvalue weighted by Gasteiger charge is -2.07. The third kappa shape index (κ3) is 3.48. The monoisotopic (exact) mass is 280 g/mol. The van der Waals surface area contributed by atoms with Gasteiger partial charge in [0.1, 0.15) is 11.5 Å². The summed E-state index contributed by atoms with van der Waals surface area (Å²) in [7, 11) is 0. The van der Waals surface area contributed by atoms with Crippen LogP contribution in [0.4, 0.5) is 0 Å². The van der Waals surface area contributed by atoms with Gasteiger partial charge in [0.05, 0.1) is 12.9 Å². The van der Waals surface area contributed by atoms with Crippen LogP contribution in [0, 0.1) is 0 Å². The van der Waals surface area contributed by atoms with E-state index >= 15 is 0 Å². The number of halogens is 1. The predicted molar refractivity (Wildman–Crippen MR) is 72.2 cm³/mol. The van der Waals surface area contributed by atoms with Gasteiger partial charge >= 0.3 is 0 Å². The number of nitrogens with zero attached hydrogens (tertiary/aromatic N) is 1. The Balaban J connectivity index is 2.11. The molecule has 2 aromatic rings. The summed E-state index contributed by atoms with van der Waals surface area (Å²) in [6, 6.07) is 7.02. The molecule has 0 spiro atoms. The Morgan fingerprint density at radius 1 is 1.26 bits per heavy atom. The molecule has 5 nitrogen and oxygen atoms in total. The first-order valence-electron chi connectivity index (χ1n) is 5.84. The Hall–Kier alpha value is -2.01. The molecule has 1 aromatic heterocycles. The average molecular weight is 281 g/mol. The molecule has 1 N–H and O–H groups in total. The molecule has 2 rings (SSSR count). The minimum atomic E-state index is -0.436. The molecule has 0 aliphatic rings. The molecular formula is C13H13ClN2O3. The lowest BCUT2D eigenvalue weighted by Crippen LogP contribution is -2.07. The average Bonchev–Trinajstić information content (AvgIpc) is 2.43. The Morgan fingerprint density at radius 3 is 2.63 bits per heavy atom. The number of rotatable bonds is 5. The quantitative estimate of drug-likeness (QED) is 0.914. The molecule has 1 heterocycles. The van der Waals surface area contributed by atoms with E-state index < -0.39 is 5.56 Å². The van der Waals surface area contributed by atoms with Crippen LogP contribution in [-0.2, 0) is 0 Å². The number of hydrogen-bond acceptors (Lipinski definition) is 4. The van der Waals surface area contributed by atoms with E-state index in [1.165, 1.54) is 6.33 Å². The van der Waals surface area contributed by atoms with Gasteiger partial charge < -0.3 is 14.5 Å². The normalized spacial score (nSPS) is 10.2. The molecule has 0 atom stereocenters. The lowest BCUT2D eigenvalue weighted by atomic mass is 10.3. The minimum Gasteiger partial charge on any atom is -0.494 e. The second-order valence-electron chi connectivity index (χ2n) is 3.77. The van der Waals surface area contributed by atoms with Crippen molar-refractivity contribution in [2.24, 2.45) is 0 Å². The zero-order valence-corrected chi connectivity index (χ0v) is 11.1. The number of aromatic amines is 1. The van der Waals surface area contributed by atoms with Gasteiger partial charge in [0.2, 0.25) is 5.88 Å². The molecule has 19 heavy (non-hydrogen) atoms. The topological polar surface area (TPSA) is 64.2 Å². The van der Waals surface area contributed by atoms with Crippen molar-refractivity contribution in [3.8, 4) is 17.4 Å². The van der Waals surface area contributed by atoms with Crippen LogP contribution >= 0.6 is 11.6 Å². The van der Waals surface area contributed by atoms with Crippen molar-refractivity contribution in [3.63, 3.8) is 0 Å². The number of benzene rings is 1. The van der Waals surface area contributed by atoms with Gasteiger partial charge in [-0.05, 0) is 30.7 Å². The second kappa shape index (κ2) is 6.24. The van der Waals surface area contributed by atoms with E-state index in [9.17, 15) is 4.79 Å². The fourth-order valence-corrected chi connectivity index (χ4v) is 1.52. The molecule has 0 bridgehead atoms. The van der Waals surface area contributed by atoms with Crippen molar-refractivity contribution >= 4 is 11.6 Å². The third-order valence-corrected chi connectivity index (χ3v) is 2.61. The van der Waals surface area contributed by atoms with Crippen molar-refractivity contribution in [1.82, 2.24) is 9.97 Å². The molecule has 6 heteroatoms. The van der Waals surface area contributed by atoms with Gasteiger partial charge in [-0.2, -0.15) is 0 Å². The summed E-state index contributed by atoms with van der Waals surface area (Å²) >= 11 is 5.79. The van der Waals surface area contributed by atoms with Crippen LogP contribution in [0.2, 0.25) is 5.02 Å². The van der Waals surface area contributed by atoms with Gasteiger partial charge in [-0.15, -0.1) is 0 Å². The maximum absolute atomic E-state index is 11.3. The molecule has 0 aliphatic heterocycles. The van der Waals surface area contributed by atoms with E-state index in [1.807, 2.05) is 6.92 Å². The van der Waals surface area contributed by atoms with E-state index in [0.717, 1.165) is 12.2 Å². The highest BCUT2D eigenvalue weighted by Gasteiger charge is 2.08. The Kier molecular flexibility index (Phi) is 4.41. The number of ether oxygens (including phenoxy) is 2. The molecule has 0 saturated carbocycles. The Bertz CT molecular complexity index is 596. The molecule has 0 radical (unpaired) electrons. The summed E-state index contributed by atoms with van der Waals surface area (Å²) < 4.78 is 10.9. The SMILES string of the molecule is CCCOc1ccc(Oc2nc[nH]c(=O)c2Cl)cc1. The number of aromatic nitrogens is 2. The maximum atomic E-state index is 11.3. The molecule has 0 aliphatic carbocycles. The van der Waals surface area contributed by atoms with E-state index in [-0.39, 0.29) is 10.9 Å². The molecule has 1 aromatic carbocycles. The summed E-state index contributed by atoms with van der Waals surface area (Å²) in [5.41, 5.74) is -0.436. The van der Waals surface area contributed by atoms with Crippen LogP contribution in [-0.4, -0.2) is 16.6 Å². The molecule has 0 amide bonds. The van der Waals surface area contributed by atoms with Gasteiger partial charge in [-0.1, -0.05) is 18.5 Å². The van der Waals surface area contributed by atoms with Crippen molar-refractivity contribution in [3.05, 3.63) is 46.0 Å². The summed E-state index contributed by atoms with van der Waals surface area (Å²) in [6.45, 7) is 2.71. The van der Waals surface area contributed by atoms with Crippen molar-refractivity contribution in [2.75, 3.05) is 6.61 Å². The predicted octanol–water partition coefficient (Wildman–Crippen LogP) is 3.00. The molecule has 0 saturated heterocycles. The third-order valence-electron chi connectivity index (χ3n) is 2.28. The lowest BCUT2D eigenvalue weighted by molar-refractivity contribution is 0.317. The smallest absolute Gasteiger partial charge is 0.273 e. The second-order valence-corrected chi connectivity index (χ2v) is 4.15. The first-order valence-corrected chi connectivity index (χ1v) is 6.22. The number of nitrogens with one attached hydrogen (secondary N) is 1. The van der Waals surface area contributed by atoms with Crippen LogP contribution in [0.3, 0.4) is 0 Å². The number of H-pyrrole nitrogens is 1. The molecule has 0 unspecified atom stereocenters. The van der Waals surface area contributed by atoms with Crippen LogP contribution in [0.15, 0.2) is 35.4 Å². The van der Waals surface area contributed by atoms with Crippen LogP contribution in [0.25, 0.3) is 0 Å². The zero-order valence-electron chi connectivity index (χ0n) is 10.4. The zero-order chi connectivity index (χ0) is 13.7. The fraction of sp³-hybridized carbons (Fsp3) is 0.231. The first kappa shape index (κ1) is 13.4. The molecular weight excluding hydrogens is 268 g/mol. The highest BCUT2D eigenvalue weighted by atomic mass is 35.5. The minimum absolute atomic E-state index is 0.0752. The fourth-order valence-electron chi connectivity index (χ4n) is 1.37. The van der Waals surface area contributed by atoms with Gasteiger partial charge in [0.15, 0.2) is 5.02 Å². The highest BCUT2D eigenvalue weighted by molar-refractivity contribution is 6.31. The van der Waals surface area contributed by atoms with E-state index in [1.54, 1.807) is 24.3 Å². The summed E-state index contributed by atoms with van der Waals surface area (Å²) in [6.07, 6.45) is 2.19. The van der Waals surface area contributed by atoms with E-state index in [4.69, 9.17) is 21.1 Å². The summed E-state index contributed by atoms with van der Waals surface area (Å²) in [5.74, 6) is 1.37. The van der Waals surface area contributed by atoms with E-state index in [2.05, 4.69) is 9.97 Å². The first-order chi connectivity index (χ1) is 9.20. The molecule has 100 valence electrons. The van der Waals surface area contributed by atoms with Gasteiger partial charge in [0.25, 0.3) is 5.56 Å². The molecule has 0 fully saturated rings. The van der Waals surface area contributed by atoms with Gasteiger partial charge in [-0.3, -0.25) is 4.79 Å². The Morgan fingerprint density at radius 2 is 1.95 bits per heavy atom. The summed E-state index contributed by atoms with van der Waals surface area (Å²) in [4.78, 5) is 17.5. The standard InChI is InChI=1S/C13H13ClN2O3/c1-2-7-18-9-3-5-10(6-4-9)19-13-11(14)12(17)15-8-16-13/h3-6,8H,2,7H2,1H3,(H,15,16,17). The largest absolute Gasteiger partial charge is 0.494 e. The number of hydrogen-bond donors (Lipinski definition) is 1. The maximum Gasteiger partial charge on any atom is 0.273 e. The van der Waals surface area contributed by atoms with Gasteiger partial charge in [-0.25, -0.2) is 4.98 Å². The van der Waals surface area contributed by atoms with Gasteiger partial charge in [0, 0.05) is 0 Å². The van der Waals surface area contributed by atoms with Crippen LogP contribution < -0.4 is 15.0 Å².